The van der Waals surface area contributed by atoms with E-state index in [1.165, 1.54) is 32.1 Å². The van der Waals surface area contributed by atoms with Crippen LogP contribution in [0.1, 0.15) is 39.0 Å². The summed E-state index contributed by atoms with van der Waals surface area (Å²) in [5, 5.41) is 9.97. The van der Waals surface area contributed by atoms with Crippen molar-refractivity contribution in [2.75, 3.05) is 40.0 Å². The van der Waals surface area contributed by atoms with Crippen LogP contribution in [0, 0.1) is 0 Å². The molecule has 1 aliphatic rings. The minimum Gasteiger partial charge on any atom is -0.389 e. The summed E-state index contributed by atoms with van der Waals surface area (Å²) in [7, 11) is 1.65. The summed E-state index contributed by atoms with van der Waals surface area (Å²) in [6, 6.07) is 0.664. The average molecular weight is 259 g/mol. The quantitative estimate of drug-likeness (QED) is 0.640. The van der Waals surface area contributed by atoms with E-state index in [-0.39, 0.29) is 6.10 Å². The molecule has 0 saturated heterocycles. The van der Waals surface area contributed by atoms with Gasteiger partial charge < -0.3 is 14.6 Å². The maximum absolute atomic E-state index is 9.97. The Morgan fingerprint density at radius 3 is 2.56 bits per heavy atom. The normalized spacial score (nSPS) is 19.3. The Kier molecular flexibility index (Phi) is 8.59. The zero-order valence-corrected chi connectivity index (χ0v) is 11.9. The van der Waals surface area contributed by atoms with Gasteiger partial charge in [-0.1, -0.05) is 26.2 Å². The summed E-state index contributed by atoms with van der Waals surface area (Å²) in [5.41, 5.74) is 0. The van der Waals surface area contributed by atoms with Crippen LogP contribution in [0.25, 0.3) is 0 Å². The van der Waals surface area contributed by atoms with Crippen molar-refractivity contribution in [2.45, 2.75) is 51.2 Å². The van der Waals surface area contributed by atoms with Gasteiger partial charge in [0.1, 0.15) is 0 Å². The van der Waals surface area contributed by atoms with E-state index in [9.17, 15) is 5.11 Å². The van der Waals surface area contributed by atoms with Crippen LogP contribution in [-0.2, 0) is 9.47 Å². The third-order valence-electron chi connectivity index (χ3n) is 3.68. The fourth-order valence-electron chi connectivity index (χ4n) is 2.67. The van der Waals surface area contributed by atoms with Crippen LogP contribution >= 0.6 is 0 Å². The van der Waals surface area contributed by atoms with E-state index in [1.807, 2.05) is 0 Å². The lowest BCUT2D eigenvalue weighted by atomic mass is 9.94. The van der Waals surface area contributed by atoms with Gasteiger partial charge in [-0.15, -0.1) is 0 Å². The molecule has 4 heteroatoms. The molecule has 1 atom stereocenters. The topological polar surface area (TPSA) is 41.9 Å². The molecular weight excluding hydrogens is 230 g/mol. The van der Waals surface area contributed by atoms with Crippen molar-refractivity contribution in [2.24, 2.45) is 0 Å². The summed E-state index contributed by atoms with van der Waals surface area (Å²) >= 11 is 0. The standard InChI is InChI=1S/C14H29NO3/c1-3-15(13-7-5-4-6-8-13)11-14(16)12-18-10-9-17-2/h13-14,16H,3-12H2,1-2H3. The Hall–Kier alpha value is -0.160. The molecule has 108 valence electrons. The second-order valence-electron chi connectivity index (χ2n) is 5.10. The van der Waals surface area contributed by atoms with Gasteiger partial charge >= 0.3 is 0 Å². The molecule has 1 saturated carbocycles. The van der Waals surface area contributed by atoms with Crippen LogP contribution in [-0.4, -0.2) is 62.2 Å². The fourth-order valence-corrected chi connectivity index (χ4v) is 2.67. The molecule has 0 heterocycles. The van der Waals surface area contributed by atoms with Gasteiger partial charge in [-0.2, -0.15) is 0 Å². The number of aliphatic hydroxyl groups excluding tert-OH is 1. The zero-order valence-electron chi connectivity index (χ0n) is 11.9. The van der Waals surface area contributed by atoms with Gasteiger partial charge in [0.05, 0.1) is 25.9 Å². The molecular formula is C14H29NO3. The van der Waals surface area contributed by atoms with E-state index >= 15 is 0 Å². The Balaban J connectivity index is 2.19. The molecule has 1 unspecified atom stereocenters. The first-order valence-corrected chi connectivity index (χ1v) is 7.26. The highest BCUT2D eigenvalue weighted by molar-refractivity contribution is 4.77. The maximum atomic E-state index is 9.97. The van der Waals surface area contributed by atoms with E-state index in [0.29, 0.717) is 25.9 Å². The molecule has 4 nitrogen and oxygen atoms in total. The molecule has 1 aliphatic carbocycles. The number of rotatable bonds is 9. The number of hydrogen-bond donors (Lipinski definition) is 1. The minimum atomic E-state index is -0.385. The fraction of sp³-hybridized carbons (Fsp3) is 1.00. The monoisotopic (exact) mass is 259 g/mol. The molecule has 0 amide bonds. The first kappa shape index (κ1) is 15.9. The van der Waals surface area contributed by atoms with Crippen LogP contribution in [0.4, 0.5) is 0 Å². The van der Waals surface area contributed by atoms with Gasteiger partial charge in [-0.3, -0.25) is 4.90 Å². The summed E-state index contributed by atoms with van der Waals surface area (Å²) in [5.74, 6) is 0. The van der Waals surface area contributed by atoms with Crippen LogP contribution in [0.3, 0.4) is 0 Å². The van der Waals surface area contributed by atoms with Gasteiger partial charge in [-0.25, -0.2) is 0 Å². The highest BCUT2D eigenvalue weighted by Gasteiger charge is 2.21. The SMILES string of the molecule is CCN(CC(O)COCCOC)C1CCCCC1. The first-order valence-electron chi connectivity index (χ1n) is 7.26. The van der Waals surface area contributed by atoms with Gasteiger partial charge in [0.25, 0.3) is 0 Å². The zero-order chi connectivity index (χ0) is 13.2. The molecule has 0 aromatic rings. The van der Waals surface area contributed by atoms with Crippen LogP contribution in [0.5, 0.6) is 0 Å². The smallest absolute Gasteiger partial charge is 0.0900 e. The van der Waals surface area contributed by atoms with Crippen molar-refractivity contribution in [3.8, 4) is 0 Å². The van der Waals surface area contributed by atoms with E-state index in [0.717, 1.165) is 13.1 Å². The highest BCUT2D eigenvalue weighted by atomic mass is 16.5. The summed E-state index contributed by atoms with van der Waals surface area (Å²) in [6.45, 7) is 5.48. The predicted molar refractivity (Wildman–Crippen MR) is 72.8 cm³/mol. The average Bonchev–Trinajstić information content (AvgIpc) is 2.42. The number of nitrogens with zero attached hydrogens (tertiary/aromatic N) is 1. The van der Waals surface area contributed by atoms with E-state index in [4.69, 9.17) is 9.47 Å². The molecule has 18 heavy (non-hydrogen) atoms. The first-order chi connectivity index (χ1) is 8.77. The summed E-state index contributed by atoms with van der Waals surface area (Å²) < 4.78 is 10.3. The third kappa shape index (κ3) is 6.14. The molecule has 1 rings (SSSR count). The molecule has 0 aromatic carbocycles. The van der Waals surface area contributed by atoms with Gasteiger partial charge in [0.2, 0.25) is 0 Å². The summed E-state index contributed by atoms with van der Waals surface area (Å²) in [6.07, 6.45) is 6.22. The Bertz CT molecular complexity index is 195. The minimum absolute atomic E-state index is 0.385. The van der Waals surface area contributed by atoms with Crippen molar-refractivity contribution in [3.05, 3.63) is 0 Å². The van der Waals surface area contributed by atoms with Crippen molar-refractivity contribution < 1.29 is 14.6 Å². The molecule has 0 bridgehead atoms. The predicted octanol–water partition coefficient (Wildman–Crippen LogP) is 1.66. The second kappa shape index (κ2) is 9.73. The third-order valence-corrected chi connectivity index (χ3v) is 3.68. The van der Waals surface area contributed by atoms with E-state index in [1.54, 1.807) is 7.11 Å². The van der Waals surface area contributed by atoms with Crippen LogP contribution in [0.15, 0.2) is 0 Å². The van der Waals surface area contributed by atoms with Crippen molar-refractivity contribution in [1.82, 2.24) is 4.90 Å². The lowest BCUT2D eigenvalue weighted by molar-refractivity contribution is -0.00812. The Morgan fingerprint density at radius 2 is 1.94 bits per heavy atom. The van der Waals surface area contributed by atoms with Crippen molar-refractivity contribution >= 4 is 0 Å². The Labute approximate surface area is 111 Å². The number of hydrogen-bond acceptors (Lipinski definition) is 4. The van der Waals surface area contributed by atoms with Crippen LogP contribution < -0.4 is 0 Å². The molecule has 0 spiro atoms. The lowest BCUT2D eigenvalue weighted by Crippen LogP contribution is -2.42. The summed E-state index contributed by atoms with van der Waals surface area (Å²) in [4.78, 5) is 2.41. The van der Waals surface area contributed by atoms with Crippen LogP contribution in [0.2, 0.25) is 0 Å². The second-order valence-corrected chi connectivity index (χ2v) is 5.10. The van der Waals surface area contributed by atoms with Gasteiger partial charge in [-0.05, 0) is 19.4 Å². The van der Waals surface area contributed by atoms with E-state index in [2.05, 4.69) is 11.8 Å². The lowest BCUT2D eigenvalue weighted by Gasteiger charge is -2.34. The molecule has 0 aromatic heterocycles. The number of likely N-dealkylation sites (N-methyl/N-ethyl adjacent to an activating group) is 1. The van der Waals surface area contributed by atoms with Gasteiger partial charge in [0.15, 0.2) is 0 Å². The molecule has 0 radical (unpaired) electrons. The molecule has 0 aliphatic heterocycles. The van der Waals surface area contributed by atoms with E-state index < -0.39 is 0 Å². The highest BCUT2D eigenvalue weighted by Crippen LogP contribution is 2.22. The van der Waals surface area contributed by atoms with Crippen molar-refractivity contribution in [1.29, 1.82) is 0 Å². The maximum Gasteiger partial charge on any atom is 0.0900 e. The number of aliphatic hydroxyl groups is 1. The molecule has 1 N–H and O–H groups in total. The number of methoxy groups -OCH3 is 1. The number of ether oxygens (including phenoxy) is 2. The largest absolute Gasteiger partial charge is 0.389 e. The Morgan fingerprint density at radius 1 is 1.22 bits per heavy atom. The van der Waals surface area contributed by atoms with Gasteiger partial charge in [0, 0.05) is 19.7 Å². The molecule has 1 fully saturated rings. The van der Waals surface area contributed by atoms with Crippen molar-refractivity contribution in [3.63, 3.8) is 0 Å².